The monoisotopic (exact) mass is 582 g/mol. The molecule has 0 radical (unpaired) electrons. The van der Waals surface area contributed by atoms with E-state index in [4.69, 9.17) is 9.15 Å². The van der Waals surface area contributed by atoms with Crippen LogP contribution >= 0.6 is 0 Å². The van der Waals surface area contributed by atoms with Gasteiger partial charge in [-0.2, -0.15) is 4.31 Å². The molecule has 0 aliphatic carbocycles. The molecule has 0 unspecified atom stereocenters. The summed E-state index contributed by atoms with van der Waals surface area (Å²) in [5.74, 6) is -0.557. The Morgan fingerprint density at radius 2 is 1.49 bits per heavy atom. The smallest absolute Gasteiger partial charge is 0.243 e. The number of aromatic hydroxyl groups is 2. The number of hydrogen-bond donors (Lipinski definition) is 2. The van der Waals surface area contributed by atoms with Gasteiger partial charge in [0.25, 0.3) is 0 Å². The largest absolute Gasteiger partial charge is 0.507 e. The van der Waals surface area contributed by atoms with Crippen LogP contribution in [0.5, 0.6) is 17.2 Å². The summed E-state index contributed by atoms with van der Waals surface area (Å²) in [5.41, 5.74) is 2.47. The maximum Gasteiger partial charge on any atom is 0.243 e. The van der Waals surface area contributed by atoms with E-state index in [2.05, 4.69) is 4.90 Å². The Morgan fingerprint density at radius 3 is 2.02 bits per heavy atom. The predicted octanol–water partition coefficient (Wildman–Crippen LogP) is 4.83. The van der Waals surface area contributed by atoms with E-state index < -0.39 is 15.5 Å². The minimum absolute atomic E-state index is 0.0494. The number of fused-ring (bicyclic) bond motifs is 1. The summed E-state index contributed by atoms with van der Waals surface area (Å²) in [5, 5.41) is 22.4. The average molecular weight is 583 g/mol. The number of piperazine rings is 1. The first-order valence-corrected chi connectivity index (χ1v) is 15.0. The zero-order valence-corrected chi connectivity index (χ0v) is 25.3. The van der Waals surface area contributed by atoms with E-state index >= 15 is 0 Å². The second-order valence-corrected chi connectivity index (χ2v) is 12.8. The minimum Gasteiger partial charge on any atom is -0.507 e. The van der Waals surface area contributed by atoms with Gasteiger partial charge in [-0.25, -0.2) is 8.42 Å². The number of nitrogens with zero attached hydrogens (tertiary/aromatic N) is 2. The normalized spacial score (nSPS) is 14.7. The molecule has 2 N–H and O–H groups in total. The highest BCUT2D eigenvalue weighted by Crippen LogP contribution is 2.43. The molecule has 3 aromatic rings. The fourth-order valence-electron chi connectivity index (χ4n) is 4.83. The van der Waals surface area contributed by atoms with Gasteiger partial charge in [-0.1, -0.05) is 23.3 Å². The number of sulfonamides is 1. The van der Waals surface area contributed by atoms with Gasteiger partial charge >= 0.3 is 0 Å². The first-order chi connectivity index (χ1) is 19.4. The lowest BCUT2D eigenvalue weighted by Crippen LogP contribution is -2.46. The third-order valence-electron chi connectivity index (χ3n) is 7.29. The molecule has 2 heterocycles. The van der Waals surface area contributed by atoms with Crippen molar-refractivity contribution < 1.29 is 27.8 Å². The van der Waals surface area contributed by atoms with Gasteiger partial charge in [0.15, 0.2) is 5.76 Å². The van der Waals surface area contributed by atoms with Crippen LogP contribution in [0.1, 0.15) is 38.8 Å². The predicted molar refractivity (Wildman–Crippen MR) is 160 cm³/mol. The molecule has 1 aliphatic rings. The standard InChI is InChI=1S/C31H38N2O7S/c1-19(2)7-13-23-26(34)24(14-8-20(3)4)30-25(27(23)35)28(36)31(39-6)29(40-30)21-9-11-22(12-10-21)41(37,38)33-17-15-32(5)16-18-33/h7-12,34-35H,13-18H2,1-6H3. The van der Waals surface area contributed by atoms with Crippen LogP contribution in [0.2, 0.25) is 0 Å². The van der Waals surface area contributed by atoms with E-state index in [1.54, 1.807) is 12.1 Å². The molecular formula is C31H38N2O7S. The number of methoxy groups -OCH3 is 1. The SMILES string of the molecule is COc1c(-c2ccc(S(=O)(=O)N3CCN(C)CC3)cc2)oc2c(CC=C(C)C)c(O)c(CC=C(C)C)c(O)c2c1=O. The van der Waals surface area contributed by atoms with E-state index in [1.165, 1.54) is 23.5 Å². The Morgan fingerprint density at radius 1 is 0.927 bits per heavy atom. The summed E-state index contributed by atoms with van der Waals surface area (Å²) in [6.45, 7) is 9.78. The lowest BCUT2D eigenvalue weighted by atomic mass is 9.96. The fraction of sp³-hybridized carbons (Fsp3) is 0.387. The molecule has 0 amide bonds. The number of allylic oxidation sites excluding steroid dienone is 4. The quantitative estimate of drug-likeness (QED) is 0.362. The van der Waals surface area contributed by atoms with Crippen molar-refractivity contribution in [2.45, 2.75) is 45.4 Å². The second-order valence-electron chi connectivity index (χ2n) is 10.9. The minimum atomic E-state index is -3.69. The lowest BCUT2D eigenvalue weighted by Gasteiger charge is -2.31. The summed E-state index contributed by atoms with van der Waals surface area (Å²) in [6, 6.07) is 6.09. The molecule has 9 nitrogen and oxygen atoms in total. The van der Waals surface area contributed by atoms with Crippen LogP contribution in [0, 0.1) is 0 Å². The van der Waals surface area contributed by atoms with E-state index in [0.29, 0.717) is 37.3 Å². The lowest BCUT2D eigenvalue weighted by molar-refractivity contribution is 0.222. The van der Waals surface area contributed by atoms with E-state index in [-0.39, 0.29) is 57.3 Å². The second kappa shape index (κ2) is 12.1. The van der Waals surface area contributed by atoms with Gasteiger partial charge in [0.1, 0.15) is 22.5 Å². The van der Waals surface area contributed by atoms with E-state index in [0.717, 1.165) is 11.1 Å². The number of hydrogen-bond acceptors (Lipinski definition) is 8. The first kappa shape index (κ1) is 30.4. The third kappa shape index (κ3) is 6.05. The highest BCUT2D eigenvalue weighted by Gasteiger charge is 2.29. The topological polar surface area (TPSA) is 121 Å². The molecule has 41 heavy (non-hydrogen) atoms. The summed E-state index contributed by atoms with van der Waals surface area (Å²) in [7, 11) is -0.398. The van der Waals surface area contributed by atoms with Crippen molar-refractivity contribution in [1.29, 1.82) is 0 Å². The molecule has 0 spiro atoms. The van der Waals surface area contributed by atoms with Crippen molar-refractivity contribution in [1.82, 2.24) is 9.21 Å². The maximum absolute atomic E-state index is 13.8. The number of phenols is 2. The van der Waals surface area contributed by atoms with Crippen molar-refractivity contribution in [3.05, 3.63) is 68.9 Å². The van der Waals surface area contributed by atoms with Gasteiger partial charge in [0.2, 0.25) is 21.2 Å². The average Bonchev–Trinajstić information content (AvgIpc) is 2.92. The highest BCUT2D eigenvalue weighted by molar-refractivity contribution is 7.89. The first-order valence-electron chi connectivity index (χ1n) is 13.5. The molecule has 1 fully saturated rings. The molecule has 220 valence electrons. The zero-order chi connectivity index (χ0) is 30.1. The van der Waals surface area contributed by atoms with Crippen LogP contribution in [-0.4, -0.2) is 68.2 Å². The third-order valence-corrected chi connectivity index (χ3v) is 9.20. The number of benzene rings is 2. The Kier molecular flexibility index (Phi) is 8.96. The zero-order valence-electron chi connectivity index (χ0n) is 24.4. The van der Waals surface area contributed by atoms with Crippen molar-refractivity contribution in [2.24, 2.45) is 0 Å². The maximum atomic E-state index is 13.8. The van der Waals surface area contributed by atoms with Crippen molar-refractivity contribution in [3.8, 4) is 28.6 Å². The Hall–Kier alpha value is -3.60. The van der Waals surface area contributed by atoms with Gasteiger partial charge in [-0.15, -0.1) is 0 Å². The van der Waals surface area contributed by atoms with Crippen LogP contribution in [-0.2, 0) is 22.9 Å². The Labute approximate surface area is 241 Å². The van der Waals surface area contributed by atoms with Crippen LogP contribution in [0.3, 0.4) is 0 Å². The summed E-state index contributed by atoms with van der Waals surface area (Å²) in [6.07, 6.45) is 4.25. The van der Waals surface area contributed by atoms with Crippen molar-refractivity contribution >= 4 is 21.0 Å². The number of phenolic OH excluding ortho intramolecular Hbond substituents is 2. The Balaban J connectivity index is 1.90. The van der Waals surface area contributed by atoms with Gasteiger partial charge in [-0.3, -0.25) is 4.79 Å². The van der Waals surface area contributed by atoms with E-state index in [1.807, 2.05) is 46.9 Å². The number of likely N-dealkylation sites (N-methyl/N-ethyl adjacent to an activating group) is 1. The van der Waals surface area contributed by atoms with Crippen molar-refractivity contribution in [3.63, 3.8) is 0 Å². The van der Waals surface area contributed by atoms with Crippen LogP contribution in [0.4, 0.5) is 0 Å². The molecule has 4 rings (SSSR count). The molecule has 1 aromatic heterocycles. The number of rotatable bonds is 8. The van der Waals surface area contributed by atoms with Crippen LogP contribution < -0.4 is 10.2 Å². The van der Waals surface area contributed by atoms with Gasteiger partial charge in [0.05, 0.1) is 12.0 Å². The molecule has 0 saturated carbocycles. The fourth-order valence-corrected chi connectivity index (χ4v) is 6.25. The number of ether oxygens (including phenoxy) is 1. The van der Waals surface area contributed by atoms with Crippen LogP contribution in [0.15, 0.2) is 61.7 Å². The summed E-state index contributed by atoms with van der Waals surface area (Å²) < 4.78 is 39.6. The summed E-state index contributed by atoms with van der Waals surface area (Å²) >= 11 is 0. The molecule has 0 bridgehead atoms. The molecule has 10 heteroatoms. The van der Waals surface area contributed by atoms with Gasteiger partial charge in [-0.05, 0) is 71.8 Å². The highest BCUT2D eigenvalue weighted by atomic mass is 32.2. The van der Waals surface area contributed by atoms with Crippen molar-refractivity contribution in [2.75, 3.05) is 40.3 Å². The van der Waals surface area contributed by atoms with Gasteiger partial charge < -0.3 is 24.3 Å². The molecule has 1 aliphatic heterocycles. The van der Waals surface area contributed by atoms with Gasteiger partial charge in [0, 0.05) is 42.9 Å². The molecule has 0 atom stereocenters. The summed E-state index contributed by atoms with van der Waals surface area (Å²) in [4.78, 5) is 16.0. The molecular weight excluding hydrogens is 544 g/mol. The van der Waals surface area contributed by atoms with E-state index in [9.17, 15) is 23.4 Å². The molecule has 2 aromatic carbocycles. The molecule has 1 saturated heterocycles. The Bertz CT molecular complexity index is 1670. The van der Waals surface area contributed by atoms with Crippen LogP contribution in [0.25, 0.3) is 22.3 Å².